The van der Waals surface area contributed by atoms with E-state index in [0.29, 0.717) is 6.54 Å². The molecule has 0 unspecified atom stereocenters. The van der Waals surface area contributed by atoms with Crippen molar-refractivity contribution in [1.29, 1.82) is 0 Å². The molecular formula is C14H16N3O+. The maximum absolute atomic E-state index is 10.8. The summed E-state index contributed by atoms with van der Waals surface area (Å²) in [5.41, 5.74) is 13.1. The van der Waals surface area contributed by atoms with Gasteiger partial charge in [0, 0.05) is 6.07 Å². The second-order valence-electron chi connectivity index (χ2n) is 4.21. The van der Waals surface area contributed by atoms with Crippen LogP contribution in [0.1, 0.15) is 11.1 Å². The molecule has 1 aromatic carbocycles. The van der Waals surface area contributed by atoms with Crippen LogP contribution in [0.3, 0.4) is 0 Å². The van der Waals surface area contributed by atoms with Crippen molar-refractivity contribution >= 4 is 11.7 Å². The second-order valence-corrected chi connectivity index (χ2v) is 4.21. The van der Waals surface area contributed by atoms with Gasteiger partial charge in [0.15, 0.2) is 0 Å². The highest BCUT2D eigenvalue weighted by Gasteiger charge is 2.04. The highest BCUT2D eigenvalue weighted by molar-refractivity contribution is 5.76. The van der Waals surface area contributed by atoms with Crippen molar-refractivity contribution in [2.24, 2.45) is 5.73 Å². The fraction of sp³-hybridized carbons (Fsp3) is 0.143. The smallest absolute Gasteiger partial charge is 0.272 e. The maximum atomic E-state index is 10.8. The van der Waals surface area contributed by atoms with Crippen LogP contribution in [0.2, 0.25) is 0 Å². The molecule has 0 saturated carbocycles. The average molecular weight is 242 g/mol. The molecule has 1 amide bonds. The van der Waals surface area contributed by atoms with Crippen molar-refractivity contribution in [3.05, 3.63) is 59.8 Å². The Kier molecular flexibility index (Phi) is 3.57. The molecule has 2 aromatic rings. The van der Waals surface area contributed by atoms with Crippen LogP contribution in [-0.2, 0) is 17.8 Å². The number of nitrogens with two attached hydrogens (primary N) is 2. The fourth-order valence-corrected chi connectivity index (χ4v) is 1.79. The Balaban J connectivity index is 2.11. The van der Waals surface area contributed by atoms with E-state index in [-0.39, 0.29) is 12.3 Å². The highest BCUT2D eigenvalue weighted by Crippen LogP contribution is 2.05. The number of amides is 1. The Morgan fingerprint density at radius 3 is 2.33 bits per heavy atom. The van der Waals surface area contributed by atoms with E-state index in [1.165, 1.54) is 0 Å². The third kappa shape index (κ3) is 3.07. The predicted octanol–water partition coefficient (Wildman–Crippen LogP) is 0.632. The molecule has 2 rings (SSSR count). The number of carbonyl (C=O) groups is 1. The van der Waals surface area contributed by atoms with E-state index in [1.807, 2.05) is 53.2 Å². The summed E-state index contributed by atoms with van der Waals surface area (Å²) in [5.74, 6) is 0.406. The van der Waals surface area contributed by atoms with Crippen LogP contribution >= 0.6 is 0 Å². The number of nitrogens with zero attached hydrogens (tertiary/aromatic N) is 1. The molecule has 0 aliphatic heterocycles. The van der Waals surface area contributed by atoms with Gasteiger partial charge in [0.1, 0.15) is 6.54 Å². The molecule has 0 radical (unpaired) electrons. The normalized spacial score (nSPS) is 10.2. The van der Waals surface area contributed by atoms with Crippen molar-refractivity contribution in [2.45, 2.75) is 13.0 Å². The molecule has 4 heteroatoms. The maximum Gasteiger partial charge on any atom is 0.272 e. The standard InChI is InChI=1S/C14H15N3O/c15-13-3-1-2-8-17(13)10-12-6-4-11(5-7-12)9-14(16)18/h1-8,15H,9-10H2,(H2,16,18)/p+1. The molecule has 0 bridgehead atoms. The number of nitrogen functional groups attached to an aromatic ring is 1. The number of hydrogen-bond acceptors (Lipinski definition) is 2. The Morgan fingerprint density at radius 1 is 1.06 bits per heavy atom. The van der Waals surface area contributed by atoms with Gasteiger partial charge in [-0.2, -0.15) is 0 Å². The van der Waals surface area contributed by atoms with E-state index in [0.717, 1.165) is 16.9 Å². The first-order valence-electron chi connectivity index (χ1n) is 5.75. The third-order valence-electron chi connectivity index (χ3n) is 2.73. The van der Waals surface area contributed by atoms with Crippen molar-refractivity contribution in [2.75, 3.05) is 5.73 Å². The molecular weight excluding hydrogens is 226 g/mol. The van der Waals surface area contributed by atoms with E-state index in [9.17, 15) is 4.79 Å². The minimum absolute atomic E-state index is 0.279. The van der Waals surface area contributed by atoms with E-state index >= 15 is 0 Å². The van der Waals surface area contributed by atoms with E-state index in [1.54, 1.807) is 0 Å². The Bertz CT molecular complexity index is 549. The summed E-state index contributed by atoms with van der Waals surface area (Å²) < 4.78 is 1.96. The summed E-state index contributed by atoms with van der Waals surface area (Å²) in [4.78, 5) is 10.8. The van der Waals surface area contributed by atoms with Crippen LogP contribution in [0.15, 0.2) is 48.7 Å². The van der Waals surface area contributed by atoms with E-state index in [2.05, 4.69) is 0 Å². The molecule has 0 atom stereocenters. The minimum atomic E-state index is -0.315. The quantitative estimate of drug-likeness (QED) is 0.772. The Morgan fingerprint density at radius 2 is 1.72 bits per heavy atom. The van der Waals surface area contributed by atoms with Crippen LogP contribution in [0.25, 0.3) is 0 Å². The lowest BCUT2D eigenvalue weighted by Crippen LogP contribution is -2.36. The number of anilines is 1. The van der Waals surface area contributed by atoms with Crippen molar-refractivity contribution < 1.29 is 9.36 Å². The second kappa shape index (κ2) is 5.31. The van der Waals surface area contributed by atoms with Gasteiger partial charge in [-0.1, -0.05) is 30.3 Å². The van der Waals surface area contributed by atoms with Gasteiger partial charge in [0.25, 0.3) is 5.82 Å². The third-order valence-corrected chi connectivity index (χ3v) is 2.73. The SMILES string of the molecule is NC(=O)Cc1ccc(C[n+]2ccccc2N)cc1. The van der Waals surface area contributed by atoms with Crippen molar-refractivity contribution in [3.8, 4) is 0 Å². The first-order valence-corrected chi connectivity index (χ1v) is 5.75. The summed E-state index contributed by atoms with van der Waals surface area (Å²) in [6.07, 6.45) is 2.22. The zero-order chi connectivity index (χ0) is 13.0. The largest absolute Gasteiger partial charge is 0.369 e. The molecule has 0 spiro atoms. The van der Waals surface area contributed by atoms with Gasteiger partial charge in [-0.15, -0.1) is 0 Å². The number of benzene rings is 1. The van der Waals surface area contributed by atoms with Crippen LogP contribution in [0, 0.1) is 0 Å². The van der Waals surface area contributed by atoms with Gasteiger partial charge in [-0.05, 0) is 17.2 Å². The van der Waals surface area contributed by atoms with Gasteiger partial charge in [-0.25, -0.2) is 4.57 Å². The number of pyridine rings is 1. The highest BCUT2D eigenvalue weighted by atomic mass is 16.1. The van der Waals surface area contributed by atoms with Crippen molar-refractivity contribution in [3.63, 3.8) is 0 Å². The number of aromatic nitrogens is 1. The monoisotopic (exact) mass is 242 g/mol. The van der Waals surface area contributed by atoms with Crippen LogP contribution < -0.4 is 16.0 Å². The summed E-state index contributed by atoms with van der Waals surface area (Å²) in [7, 11) is 0. The van der Waals surface area contributed by atoms with Gasteiger partial charge in [0.05, 0.1) is 12.6 Å². The summed E-state index contributed by atoms with van der Waals surface area (Å²) in [6.45, 7) is 0.712. The number of rotatable bonds is 4. The first kappa shape index (κ1) is 12.1. The molecule has 1 aromatic heterocycles. The molecule has 92 valence electrons. The fourth-order valence-electron chi connectivity index (χ4n) is 1.79. The predicted molar refractivity (Wildman–Crippen MR) is 69.5 cm³/mol. The molecule has 4 nitrogen and oxygen atoms in total. The number of carbonyl (C=O) groups excluding carboxylic acids is 1. The summed E-state index contributed by atoms with van der Waals surface area (Å²) >= 11 is 0. The summed E-state index contributed by atoms with van der Waals surface area (Å²) in [5, 5.41) is 0. The van der Waals surface area contributed by atoms with Gasteiger partial charge < -0.3 is 5.73 Å². The summed E-state index contributed by atoms with van der Waals surface area (Å²) in [6, 6.07) is 13.5. The average Bonchev–Trinajstić information content (AvgIpc) is 2.34. The van der Waals surface area contributed by atoms with Crippen LogP contribution in [-0.4, -0.2) is 5.91 Å². The Hall–Kier alpha value is -2.36. The zero-order valence-corrected chi connectivity index (χ0v) is 10.0. The lowest BCUT2D eigenvalue weighted by atomic mass is 10.1. The van der Waals surface area contributed by atoms with Crippen LogP contribution in [0.4, 0.5) is 5.82 Å². The first-order chi connectivity index (χ1) is 8.65. The molecule has 18 heavy (non-hydrogen) atoms. The molecule has 0 saturated heterocycles. The Labute approximate surface area is 106 Å². The molecule has 0 aliphatic rings. The van der Waals surface area contributed by atoms with E-state index in [4.69, 9.17) is 11.5 Å². The number of hydrogen-bond donors (Lipinski definition) is 2. The number of primary amides is 1. The lowest BCUT2D eigenvalue weighted by molar-refractivity contribution is -0.674. The zero-order valence-electron chi connectivity index (χ0n) is 10.0. The van der Waals surface area contributed by atoms with Crippen molar-refractivity contribution in [1.82, 2.24) is 0 Å². The van der Waals surface area contributed by atoms with Crippen LogP contribution in [0.5, 0.6) is 0 Å². The van der Waals surface area contributed by atoms with Gasteiger partial charge in [0.2, 0.25) is 5.91 Å². The van der Waals surface area contributed by atoms with Gasteiger partial charge in [-0.3, -0.25) is 10.5 Å². The topological polar surface area (TPSA) is 73.0 Å². The molecule has 0 aliphatic carbocycles. The van der Waals surface area contributed by atoms with Gasteiger partial charge >= 0.3 is 0 Å². The molecule has 4 N–H and O–H groups in total. The lowest BCUT2D eigenvalue weighted by Gasteiger charge is -2.04. The minimum Gasteiger partial charge on any atom is -0.369 e. The molecule has 1 heterocycles. The molecule has 0 fully saturated rings. The van der Waals surface area contributed by atoms with E-state index < -0.39 is 0 Å².